The van der Waals surface area contributed by atoms with E-state index in [-0.39, 0.29) is 22.4 Å². The highest BCUT2D eigenvalue weighted by molar-refractivity contribution is 9.10. The molecule has 16 aromatic rings. The summed E-state index contributed by atoms with van der Waals surface area (Å²) in [6.45, 7) is 16.6. The van der Waals surface area contributed by atoms with Crippen LogP contribution in [0.25, 0.3) is 146 Å². The fraction of sp³-hybridized carbons (Fsp3) is 0.126. The molecule has 13 nitrogen and oxygen atoms in total. The Hall–Kier alpha value is -12.1. The summed E-state index contributed by atoms with van der Waals surface area (Å²) in [7, 11) is -0.801. The Balaban J connectivity index is 0.000000146. The van der Waals surface area contributed by atoms with E-state index in [0.29, 0.717) is 52.4 Å². The zero-order chi connectivity index (χ0) is 76.3. The minimum Gasteiger partial charge on any atom is -0.399 e. The largest absolute Gasteiger partial charge is 0.495 e. The third kappa shape index (κ3) is 15.6. The monoisotopic (exact) mass is 1510 g/mol. The van der Waals surface area contributed by atoms with Crippen molar-refractivity contribution in [2.45, 2.75) is 77.8 Å². The van der Waals surface area contributed by atoms with Gasteiger partial charge in [0, 0.05) is 54.5 Å². The second-order valence-electron chi connectivity index (χ2n) is 29.4. The first-order valence-electron chi connectivity index (χ1n) is 37.2. The molecule has 0 radical (unpaired) electrons. The second-order valence-corrected chi connectivity index (χ2v) is 30.4. The topological polar surface area (TPSA) is 153 Å². The van der Waals surface area contributed by atoms with Crippen molar-refractivity contribution in [1.29, 1.82) is 0 Å². The van der Waals surface area contributed by atoms with Gasteiger partial charge < -0.3 is 18.6 Å². The molecule has 540 valence electrons. The van der Waals surface area contributed by atoms with Crippen molar-refractivity contribution in [3.8, 4) is 125 Å². The first-order valence-corrected chi connectivity index (χ1v) is 38.0. The maximum atomic E-state index is 6.31. The number of halogens is 1. The fourth-order valence-corrected chi connectivity index (χ4v) is 13.8. The van der Waals surface area contributed by atoms with Crippen molar-refractivity contribution >= 4 is 62.6 Å². The van der Waals surface area contributed by atoms with E-state index in [1.807, 2.05) is 206 Å². The van der Waals surface area contributed by atoms with Gasteiger partial charge in [-0.1, -0.05) is 331 Å². The van der Waals surface area contributed by atoms with E-state index in [4.69, 9.17) is 58.5 Å². The Labute approximate surface area is 656 Å². The maximum absolute atomic E-state index is 6.31. The molecule has 0 spiro atoms. The van der Waals surface area contributed by atoms with Crippen LogP contribution in [-0.2, 0) is 18.6 Å². The van der Waals surface area contributed by atoms with Crippen LogP contribution < -0.4 is 10.9 Å². The van der Waals surface area contributed by atoms with Crippen molar-refractivity contribution in [2.75, 3.05) is 0 Å². The van der Waals surface area contributed by atoms with E-state index >= 15 is 0 Å². The number of benzene rings is 13. The minimum atomic E-state index is -0.401. The molecule has 0 amide bonds. The zero-order valence-corrected chi connectivity index (χ0v) is 64.5. The summed E-state index contributed by atoms with van der Waals surface area (Å²) >= 11 is 3.47. The van der Waals surface area contributed by atoms with Gasteiger partial charge in [0.15, 0.2) is 52.4 Å². The Morgan fingerprint density at radius 1 is 0.198 bits per heavy atom. The van der Waals surface area contributed by atoms with E-state index in [1.54, 1.807) is 0 Å². The van der Waals surface area contributed by atoms with Gasteiger partial charge in [0.05, 0.1) is 22.4 Å². The Morgan fingerprint density at radius 2 is 0.387 bits per heavy atom. The predicted molar refractivity (Wildman–Crippen MR) is 453 cm³/mol. The van der Waals surface area contributed by atoms with Crippen LogP contribution in [0.5, 0.6) is 0 Å². The van der Waals surface area contributed by atoms with Crippen LogP contribution in [0, 0.1) is 0 Å². The molecule has 0 atom stereocenters. The van der Waals surface area contributed by atoms with Gasteiger partial charge in [-0.3, -0.25) is 0 Å². The zero-order valence-electron chi connectivity index (χ0n) is 62.9. The van der Waals surface area contributed by atoms with Crippen LogP contribution in [0.1, 0.15) is 55.4 Å². The van der Waals surface area contributed by atoms with Gasteiger partial charge in [0.25, 0.3) is 0 Å². The van der Waals surface area contributed by atoms with Crippen molar-refractivity contribution in [2.24, 2.45) is 0 Å². The van der Waals surface area contributed by atoms with Gasteiger partial charge in [0.2, 0.25) is 0 Å². The van der Waals surface area contributed by atoms with E-state index in [2.05, 4.69) is 198 Å². The summed E-state index contributed by atoms with van der Waals surface area (Å²) in [6.07, 6.45) is 0. The van der Waals surface area contributed by atoms with Gasteiger partial charge in [-0.15, -0.1) is 0 Å². The van der Waals surface area contributed by atoms with Gasteiger partial charge in [-0.05, 0) is 122 Å². The molecule has 5 heterocycles. The standard InChI is InChI=1S/C52H34N6.C22H30B2O4.C21H14BrN3/c1-5-15-37(16-6-1)47-53-48(38-17-7-2-8-18-38)56-51(55-47)41-31-27-35(28-32-41)43-23-13-26-46-44(24-14-25-45(43)46)36-29-33-42(34-30-36)52-57-49(39-19-9-3-10-20-39)54-50(58-52)40-21-11-4-12-22-40;1-19(2)20(3,4)26-23(25-19)17-13-9-12-16-15(17)11-10-14-18(16)24-27-21(5,6)22(7,8)28-24;22-18-13-11-17(12-14-18)21-24-19(15-7-3-1-4-8-15)23-20(25-21)16-9-5-2-6-10-16/h1-34H;9-14H,1-8H3;1-14H. The van der Waals surface area contributed by atoms with Crippen LogP contribution in [0.4, 0.5) is 0 Å². The number of fused-ring (bicyclic) bond motifs is 2. The van der Waals surface area contributed by atoms with E-state index in [9.17, 15) is 0 Å². The molecule has 18 rings (SSSR count). The molecule has 2 saturated heterocycles. The molecule has 13 aromatic carbocycles. The van der Waals surface area contributed by atoms with Crippen LogP contribution >= 0.6 is 15.9 Å². The van der Waals surface area contributed by atoms with Crippen LogP contribution in [0.15, 0.2) is 332 Å². The van der Waals surface area contributed by atoms with Gasteiger partial charge in [0.1, 0.15) is 0 Å². The SMILES string of the molecule is Brc1ccc(-c2nc(-c3ccccc3)nc(-c3ccccc3)n2)cc1.CC1(C)OB(c2cccc3c(B4OC(C)(C)C(C)(C)O4)cccc23)OC1(C)C.c1ccc(-c2nc(-c3ccccc3)nc(-c3ccc(-c4cccc5c(-c6ccc(-c7nc(-c8ccccc8)nc(-c8ccccc8)n7)cc6)cccc45)cc3)n2)cc1. The minimum absolute atomic E-state index is 0.372. The average Bonchev–Trinajstić information content (AvgIpc) is 1.73. The number of nitrogens with zero attached hydrogens (tertiary/aromatic N) is 9. The smallest absolute Gasteiger partial charge is 0.399 e. The highest BCUT2D eigenvalue weighted by Gasteiger charge is 2.54. The molecule has 3 aromatic heterocycles. The van der Waals surface area contributed by atoms with Crippen LogP contribution in [-0.4, -0.2) is 81.5 Å². The lowest BCUT2D eigenvalue weighted by Crippen LogP contribution is -2.41. The number of rotatable bonds is 13. The summed E-state index contributed by atoms with van der Waals surface area (Å²) < 4.78 is 26.2. The summed E-state index contributed by atoms with van der Waals surface area (Å²) in [5.41, 5.74) is 13.6. The van der Waals surface area contributed by atoms with E-state index in [0.717, 1.165) is 98.5 Å². The van der Waals surface area contributed by atoms with E-state index in [1.165, 1.54) is 10.8 Å². The molecule has 0 unspecified atom stereocenters. The van der Waals surface area contributed by atoms with E-state index < -0.39 is 14.2 Å². The lowest BCUT2D eigenvalue weighted by atomic mass is 9.71. The Kier molecular flexibility index (Phi) is 20.5. The van der Waals surface area contributed by atoms with Gasteiger partial charge in [-0.2, -0.15) is 0 Å². The molecule has 2 aliphatic heterocycles. The molecule has 0 saturated carbocycles. The summed E-state index contributed by atoms with van der Waals surface area (Å²) in [6, 6.07) is 111. The number of hydrogen-bond donors (Lipinski definition) is 0. The predicted octanol–water partition coefficient (Wildman–Crippen LogP) is 21.6. The average molecular weight is 1510 g/mol. The lowest BCUT2D eigenvalue weighted by molar-refractivity contribution is 0.00578. The Morgan fingerprint density at radius 3 is 0.622 bits per heavy atom. The van der Waals surface area contributed by atoms with Crippen LogP contribution in [0.3, 0.4) is 0 Å². The van der Waals surface area contributed by atoms with Crippen molar-refractivity contribution in [3.63, 3.8) is 0 Å². The molecule has 0 N–H and O–H groups in total. The van der Waals surface area contributed by atoms with Crippen molar-refractivity contribution in [3.05, 3.63) is 332 Å². The number of aromatic nitrogens is 9. The quantitative estimate of drug-likeness (QED) is 0.101. The second kappa shape index (κ2) is 31.1. The summed E-state index contributed by atoms with van der Waals surface area (Å²) in [4.78, 5) is 43.5. The van der Waals surface area contributed by atoms with Crippen LogP contribution in [0.2, 0.25) is 0 Å². The Bertz CT molecular complexity index is 5490. The third-order valence-electron chi connectivity index (χ3n) is 21.0. The first kappa shape index (κ1) is 73.0. The first-order chi connectivity index (χ1) is 53.9. The summed E-state index contributed by atoms with van der Waals surface area (Å²) in [5.74, 6) is 5.85. The third-order valence-corrected chi connectivity index (χ3v) is 21.6. The fourth-order valence-electron chi connectivity index (χ4n) is 13.5. The lowest BCUT2D eigenvalue weighted by Gasteiger charge is -2.32. The summed E-state index contributed by atoms with van der Waals surface area (Å²) in [5, 5.41) is 4.56. The highest BCUT2D eigenvalue weighted by atomic mass is 79.9. The van der Waals surface area contributed by atoms with Gasteiger partial charge >= 0.3 is 14.2 Å². The molecule has 2 aliphatic rings. The molecule has 111 heavy (non-hydrogen) atoms. The molecular weight excluding hydrogens is 1430 g/mol. The molecule has 16 heteroatoms. The van der Waals surface area contributed by atoms with Gasteiger partial charge in [-0.25, -0.2) is 44.9 Å². The molecule has 0 aliphatic carbocycles. The normalized spacial score (nSPS) is 14.5. The molecule has 2 fully saturated rings. The van der Waals surface area contributed by atoms with Crippen molar-refractivity contribution in [1.82, 2.24) is 44.9 Å². The highest BCUT2D eigenvalue weighted by Crippen LogP contribution is 2.41. The molecular formula is C95H78B2BrN9O4. The maximum Gasteiger partial charge on any atom is 0.495 e. The molecule has 0 bridgehead atoms. The number of hydrogen-bond acceptors (Lipinski definition) is 13. The van der Waals surface area contributed by atoms with Crippen molar-refractivity contribution < 1.29 is 18.6 Å².